The van der Waals surface area contributed by atoms with Crippen LogP contribution < -0.4 is 10.6 Å². The van der Waals surface area contributed by atoms with Gasteiger partial charge in [0.2, 0.25) is 5.95 Å². The number of aliphatic carboxylic acids is 1. The van der Waals surface area contributed by atoms with E-state index >= 15 is 0 Å². The Balaban J connectivity index is 2.35. The summed E-state index contributed by atoms with van der Waals surface area (Å²) in [5, 5.41) is 13.5. The summed E-state index contributed by atoms with van der Waals surface area (Å²) >= 11 is 0. The average molecular weight is 335 g/mol. The van der Waals surface area contributed by atoms with Gasteiger partial charge in [0.05, 0.1) is 6.42 Å². The van der Waals surface area contributed by atoms with Gasteiger partial charge in [0.15, 0.2) is 0 Å². The Labute approximate surface area is 129 Å². The Morgan fingerprint density at radius 1 is 1.35 bits per heavy atom. The number of halogens is 3. The van der Waals surface area contributed by atoms with Crippen LogP contribution in [0.2, 0.25) is 0 Å². The maximum atomic E-state index is 12.5. The predicted molar refractivity (Wildman–Crippen MR) is 73.8 cm³/mol. The van der Waals surface area contributed by atoms with Crippen molar-refractivity contribution < 1.29 is 27.9 Å². The first-order valence-electron chi connectivity index (χ1n) is 6.55. The van der Waals surface area contributed by atoms with Crippen LogP contribution >= 0.6 is 0 Å². The number of rotatable bonds is 7. The summed E-state index contributed by atoms with van der Waals surface area (Å²) in [6.07, 6.45) is -3.75. The molecule has 0 aliphatic carbocycles. The summed E-state index contributed by atoms with van der Waals surface area (Å²) in [7, 11) is 1.43. The van der Waals surface area contributed by atoms with E-state index in [1.54, 1.807) is 0 Å². The first kappa shape index (κ1) is 18.5. The molecule has 0 saturated carbocycles. The van der Waals surface area contributed by atoms with Gasteiger partial charge in [0.1, 0.15) is 5.69 Å². The van der Waals surface area contributed by atoms with Crippen molar-refractivity contribution in [3.05, 3.63) is 18.0 Å². The molecule has 0 fully saturated rings. The number of nitrogens with zero attached hydrogens (tertiary/aromatic N) is 3. The summed E-state index contributed by atoms with van der Waals surface area (Å²) < 4.78 is 37.4. The van der Waals surface area contributed by atoms with Gasteiger partial charge in [-0.3, -0.25) is 4.79 Å². The van der Waals surface area contributed by atoms with Crippen LogP contribution in [0.15, 0.2) is 12.3 Å². The zero-order valence-corrected chi connectivity index (χ0v) is 12.2. The lowest BCUT2D eigenvalue weighted by atomic mass is 10.4. The summed E-state index contributed by atoms with van der Waals surface area (Å²) in [6, 6.07) is 0.266. The molecule has 1 rings (SSSR count). The highest BCUT2D eigenvalue weighted by Crippen LogP contribution is 2.27. The van der Waals surface area contributed by atoms with Crippen LogP contribution in [0.4, 0.5) is 23.9 Å². The third-order valence-electron chi connectivity index (χ3n) is 2.64. The van der Waals surface area contributed by atoms with E-state index in [4.69, 9.17) is 5.11 Å². The highest BCUT2D eigenvalue weighted by atomic mass is 19.4. The maximum absolute atomic E-state index is 12.5. The van der Waals surface area contributed by atoms with Crippen LogP contribution in [0.1, 0.15) is 12.1 Å². The topological polar surface area (TPSA) is 107 Å². The van der Waals surface area contributed by atoms with E-state index in [2.05, 4.69) is 20.6 Å². The van der Waals surface area contributed by atoms with Crippen molar-refractivity contribution >= 4 is 17.9 Å². The van der Waals surface area contributed by atoms with E-state index in [9.17, 15) is 22.8 Å². The van der Waals surface area contributed by atoms with Gasteiger partial charge in [-0.25, -0.2) is 14.8 Å². The van der Waals surface area contributed by atoms with Gasteiger partial charge in [-0.2, -0.15) is 13.2 Å². The average Bonchev–Trinajstić information content (AvgIpc) is 2.48. The molecule has 0 unspecified atom stereocenters. The van der Waals surface area contributed by atoms with Crippen LogP contribution in [0.25, 0.3) is 0 Å². The van der Waals surface area contributed by atoms with Gasteiger partial charge < -0.3 is 20.6 Å². The molecule has 1 aromatic rings. The highest BCUT2D eigenvalue weighted by Gasteiger charge is 2.32. The maximum Gasteiger partial charge on any atom is 0.433 e. The van der Waals surface area contributed by atoms with E-state index in [0.717, 1.165) is 12.3 Å². The smallest absolute Gasteiger partial charge is 0.433 e. The first-order valence-corrected chi connectivity index (χ1v) is 6.55. The molecule has 3 N–H and O–H groups in total. The lowest BCUT2D eigenvalue weighted by Gasteiger charge is -2.17. The molecule has 0 radical (unpaired) electrons. The van der Waals surface area contributed by atoms with Crippen LogP contribution in [0.3, 0.4) is 0 Å². The molecule has 11 heteroatoms. The third kappa shape index (κ3) is 6.80. The number of hydrogen-bond acceptors (Lipinski definition) is 5. The molecule has 0 bridgehead atoms. The zero-order valence-electron chi connectivity index (χ0n) is 12.2. The number of alkyl halides is 3. The minimum absolute atomic E-state index is 0.0470. The summed E-state index contributed by atoms with van der Waals surface area (Å²) in [5.74, 6) is -1.22. The Hall–Kier alpha value is -2.59. The summed E-state index contributed by atoms with van der Waals surface area (Å²) in [4.78, 5) is 30.1. The van der Waals surface area contributed by atoms with Crippen LogP contribution in [-0.2, 0) is 11.0 Å². The first-order chi connectivity index (χ1) is 10.7. The van der Waals surface area contributed by atoms with E-state index in [0.29, 0.717) is 0 Å². The van der Waals surface area contributed by atoms with Gasteiger partial charge >= 0.3 is 18.2 Å². The fourth-order valence-corrected chi connectivity index (χ4v) is 1.45. The monoisotopic (exact) mass is 335 g/mol. The van der Waals surface area contributed by atoms with Crippen LogP contribution in [0.5, 0.6) is 0 Å². The number of carboxylic acid groups (broad SMARTS) is 1. The molecule has 0 aliphatic heterocycles. The van der Waals surface area contributed by atoms with Crippen molar-refractivity contribution in [1.82, 2.24) is 20.2 Å². The second-order valence-corrected chi connectivity index (χ2v) is 4.49. The van der Waals surface area contributed by atoms with Crippen molar-refractivity contribution in [1.29, 1.82) is 0 Å². The standard InChI is InChI=1S/C12H16F3N5O3/c1-20(7-3-9(21)22)11(23)18-6-5-17-10-16-4-2-8(19-10)12(13,14)15/h2,4H,3,5-7H2,1H3,(H,18,23)(H,21,22)(H,16,17,19). The van der Waals surface area contributed by atoms with Crippen LogP contribution in [-0.4, -0.2) is 58.7 Å². The molecule has 0 atom stereocenters. The van der Waals surface area contributed by atoms with Crippen molar-refractivity contribution in [2.75, 3.05) is 32.0 Å². The Bertz CT molecular complexity index is 553. The molecule has 8 nitrogen and oxygen atoms in total. The number of nitrogens with one attached hydrogen (secondary N) is 2. The van der Waals surface area contributed by atoms with E-state index < -0.39 is 23.9 Å². The number of anilines is 1. The van der Waals surface area contributed by atoms with Crippen molar-refractivity contribution in [3.63, 3.8) is 0 Å². The molecule has 0 aliphatic rings. The number of aromatic nitrogens is 2. The zero-order chi connectivity index (χ0) is 17.5. The quantitative estimate of drug-likeness (QED) is 0.642. The minimum Gasteiger partial charge on any atom is -0.481 e. The largest absolute Gasteiger partial charge is 0.481 e. The van der Waals surface area contributed by atoms with E-state index in [-0.39, 0.29) is 32.0 Å². The fraction of sp³-hybridized carbons (Fsp3) is 0.500. The summed E-state index contributed by atoms with van der Waals surface area (Å²) in [5.41, 5.74) is -1.06. The molecule has 23 heavy (non-hydrogen) atoms. The number of hydrogen-bond donors (Lipinski definition) is 3. The Kier molecular flexibility index (Phi) is 6.54. The van der Waals surface area contributed by atoms with Gasteiger partial charge in [0.25, 0.3) is 0 Å². The highest BCUT2D eigenvalue weighted by molar-refractivity contribution is 5.75. The minimum atomic E-state index is -4.56. The number of urea groups is 1. The van der Waals surface area contributed by atoms with Gasteiger partial charge in [0, 0.05) is 32.9 Å². The molecule has 2 amide bonds. The third-order valence-corrected chi connectivity index (χ3v) is 2.64. The number of carbonyl (C=O) groups is 2. The normalized spacial score (nSPS) is 11.0. The molecule has 0 aromatic carbocycles. The summed E-state index contributed by atoms with van der Waals surface area (Å²) in [6.45, 7) is 0.265. The lowest BCUT2D eigenvalue weighted by molar-refractivity contribution is -0.141. The molecule has 1 heterocycles. The molecule has 0 spiro atoms. The number of carboxylic acids is 1. The predicted octanol–water partition coefficient (Wildman–Crippen LogP) is 1.02. The van der Waals surface area contributed by atoms with E-state index in [1.807, 2.05) is 0 Å². The SMILES string of the molecule is CN(CCC(=O)O)C(=O)NCCNc1nccc(C(F)(F)F)n1. The van der Waals surface area contributed by atoms with Gasteiger partial charge in [-0.15, -0.1) is 0 Å². The Morgan fingerprint density at radius 3 is 2.65 bits per heavy atom. The molecule has 1 aromatic heterocycles. The van der Waals surface area contributed by atoms with Crippen LogP contribution in [0, 0.1) is 0 Å². The Morgan fingerprint density at radius 2 is 2.04 bits per heavy atom. The van der Waals surface area contributed by atoms with E-state index in [1.165, 1.54) is 11.9 Å². The second kappa shape index (κ2) is 8.15. The number of amides is 2. The molecular weight excluding hydrogens is 319 g/mol. The van der Waals surface area contributed by atoms with Gasteiger partial charge in [-0.1, -0.05) is 0 Å². The van der Waals surface area contributed by atoms with Crippen molar-refractivity contribution in [2.24, 2.45) is 0 Å². The molecular formula is C12H16F3N5O3. The number of carbonyl (C=O) groups excluding carboxylic acids is 1. The fourth-order valence-electron chi connectivity index (χ4n) is 1.45. The van der Waals surface area contributed by atoms with Gasteiger partial charge in [-0.05, 0) is 6.07 Å². The molecule has 0 saturated heterocycles. The second-order valence-electron chi connectivity index (χ2n) is 4.49. The van der Waals surface area contributed by atoms with Crippen molar-refractivity contribution in [2.45, 2.75) is 12.6 Å². The van der Waals surface area contributed by atoms with Crippen molar-refractivity contribution in [3.8, 4) is 0 Å². The molecule has 128 valence electrons. The lowest BCUT2D eigenvalue weighted by Crippen LogP contribution is -2.40.